The summed E-state index contributed by atoms with van der Waals surface area (Å²) >= 11 is 5.60. The Morgan fingerprint density at radius 3 is 2.50 bits per heavy atom. The maximum absolute atomic E-state index is 6.57. The average Bonchev–Trinajstić information content (AvgIpc) is 3.15. The van der Waals surface area contributed by atoms with Crippen LogP contribution in [0.15, 0.2) is 35.9 Å². The second-order valence-corrected chi connectivity index (χ2v) is 9.38. The van der Waals surface area contributed by atoms with E-state index < -0.39 is 0 Å². The number of fused-ring (bicyclic) bond motifs is 1. The average molecular weight is 400 g/mol. The first-order valence-corrected chi connectivity index (χ1v) is 10.5. The van der Waals surface area contributed by atoms with Gasteiger partial charge in [0.1, 0.15) is 6.73 Å². The highest BCUT2D eigenvalue weighted by Crippen LogP contribution is 2.70. The number of hydrazone groups is 1. The predicted molar refractivity (Wildman–Crippen MR) is 121 cm³/mol. The van der Waals surface area contributed by atoms with Gasteiger partial charge in [0.2, 0.25) is 0 Å². The number of hydrogen-bond acceptors (Lipinski definition) is 3. The summed E-state index contributed by atoms with van der Waals surface area (Å²) in [6.07, 6.45) is 7.35. The summed E-state index contributed by atoms with van der Waals surface area (Å²) in [7, 11) is 3.88. The Labute approximate surface area is 175 Å². The second kappa shape index (κ2) is 7.96. The topological polar surface area (TPSA) is 28.1 Å². The lowest BCUT2D eigenvalue weighted by atomic mass is 9.88. The zero-order valence-corrected chi connectivity index (χ0v) is 18.6. The molecule has 2 fully saturated rings. The molecule has 0 saturated heterocycles. The first-order chi connectivity index (χ1) is 13.2. The van der Waals surface area contributed by atoms with Crippen LogP contribution in [0.1, 0.15) is 51.2 Å². The fraction of sp³-hybridized carbons (Fsp3) is 0.565. The third-order valence-corrected chi connectivity index (χ3v) is 7.18. The van der Waals surface area contributed by atoms with Gasteiger partial charge in [-0.2, -0.15) is 5.10 Å². The van der Waals surface area contributed by atoms with E-state index in [-0.39, 0.29) is 11.0 Å². The molecule has 4 nitrogen and oxygen atoms in total. The molecule has 3 rings (SSSR count). The molecular weight excluding hydrogens is 366 g/mol. The molecule has 3 atom stereocenters. The fourth-order valence-electron chi connectivity index (χ4n) is 4.74. The Morgan fingerprint density at radius 2 is 1.89 bits per heavy atom. The van der Waals surface area contributed by atoms with Crippen LogP contribution >= 0.6 is 12.2 Å². The Hall–Kier alpha value is -1.72. The van der Waals surface area contributed by atoms with Gasteiger partial charge in [0.05, 0.1) is 11.8 Å². The molecule has 0 aliphatic heterocycles. The molecule has 152 valence electrons. The van der Waals surface area contributed by atoms with Crippen molar-refractivity contribution in [1.82, 2.24) is 9.91 Å². The van der Waals surface area contributed by atoms with Crippen molar-refractivity contribution in [2.75, 3.05) is 20.8 Å². The highest BCUT2D eigenvalue weighted by atomic mass is 32.1. The standard InChI is InChI=1S/C23H33N3OS/c1-7-18-9-11-19(12-10-18)15-24-26(21(28)25(5)6)16-27-23-14-17(2)8-13-20(23)22(23,3)4/h7,9-12,15,17,20H,1,8,13-14,16H2,2-6H3. The van der Waals surface area contributed by atoms with Crippen LogP contribution in [0.5, 0.6) is 0 Å². The third kappa shape index (κ3) is 3.87. The van der Waals surface area contributed by atoms with Crippen LogP contribution in [0.4, 0.5) is 0 Å². The van der Waals surface area contributed by atoms with Crippen molar-refractivity contribution in [3.63, 3.8) is 0 Å². The Bertz CT molecular complexity index is 756. The molecular formula is C23H33N3OS. The highest BCUT2D eigenvalue weighted by molar-refractivity contribution is 7.80. The molecule has 3 unspecified atom stereocenters. The molecule has 0 aromatic heterocycles. The predicted octanol–water partition coefficient (Wildman–Crippen LogP) is 5.00. The van der Waals surface area contributed by atoms with Gasteiger partial charge in [-0.3, -0.25) is 0 Å². The monoisotopic (exact) mass is 399 g/mol. The van der Waals surface area contributed by atoms with E-state index in [0.29, 0.717) is 23.7 Å². The maximum atomic E-state index is 6.57. The zero-order valence-electron chi connectivity index (χ0n) is 17.8. The van der Waals surface area contributed by atoms with E-state index in [0.717, 1.165) is 17.5 Å². The normalized spacial score (nSPS) is 27.9. The van der Waals surface area contributed by atoms with Gasteiger partial charge in [-0.05, 0) is 53.4 Å². The maximum Gasteiger partial charge on any atom is 0.193 e. The Kier molecular flexibility index (Phi) is 5.97. The van der Waals surface area contributed by atoms with E-state index in [4.69, 9.17) is 17.0 Å². The molecule has 2 saturated carbocycles. The first-order valence-electron chi connectivity index (χ1n) is 10.1. The zero-order chi connectivity index (χ0) is 20.5. The molecule has 1 aromatic rings. The first kappa shape index (κ1) is 21.0. The van der Waals surface area contributed by atoms with Gasteiger partial charge in [-0.15, -0.1) is 0 Å². The van der Waals surface area contributed by atoms with E-state index in [1.54, 1.807) is 5.01 Å². The molecule has 2 aliphatic carbocycles. The van der Waals surface area contributed by atoms with Gasteiger partial charge in [0.25, 0.3) is 0 Å². The molecule has 1 aromatic carbocycles. The Morgan fingerprint density at radius 1 is 1.25 bits per heavy atom. The van der Waals surface area contributed by atoms with Crippen molar-refractivity contribution in [3.8, 4) is 0 Å². The van der Waals surface area contributed by atoms with Gasteiger partial charge in [0.15, 0.2) is 5.11 Å². The van der Waals surface area contributed by atoms with Crippen molar-refractivity contribution in [1.29, 1.82) is 0 Å². The van der Waals surface area contributed by atoms with E-state index in [2.05, 4.69) is 32.5 Å². The molecule has 0 N–H and O–H groups in total. The quantitative estimate of drug-likeness (QED) is 0.291. The van der Waals surface area contributed by atoms with E-state index >= 15 is 0 Å². The van der Waals surface area contributed by atoms with E-state index in [1.165, 1.54) is 12.8 Å². The molecule has 28 heavy (non-hydrogen) atoms. The lowest BCUT2D eigenvalue weighted by Gasteiger charge is -2.31. The van der Waals surface area contributed by atoms with Crippen LogP contribution in [0.3, 0.4) is 0 Å². The van der Waals surface area contributed by atoms with E-state index in [1.807, 2.05) is 55.6 Å². The van der Waals surface area contributed by atoms with Crippen molar-refractivity contribution in [3.05, 3.63) is 42.0 Å². The summed E-state index contributed by atoms with van der Waals surface area (Å²) in [5.41, 5.74) is 2.30. The van der Waals surface area contributed by atoms with Crippen LogP contribution in [-0.2, 0) is 4.74 Å². The Balaban J connectivity index is 1.72. The number of benzene rings is 1. The number of ether oxygens (including phenoxy) is 1. The molecule has 5 heteroatoms. The smallest absolute Gasteiger partial charge is 0.193 e. The van der Waals surface area contributed by atoms with Gasteiger partial charge < -0.3 is 9.64 Å². The second-order valence-electron chi connectivity index (χ2n) is 9.02. The van der Waals surface area contributed by atoms with Crippen molar-refractivity contribution >= 4 is 29.6 Å². The summed E-state index contributed by atoms with van der Waals surface area (Å²) in [6, 6.07) is 8.11. The number of rotatable bonds is 6. The molecule has 0 amide bonds. The molecule has 0 spiro atoms. The molecule has 0 bridgehead atoms. The fourth-order valence-corrected chi connectivity index (χ4v) is 4.84. The third-order valence-electron chi connectivity index (χ3n) is 6.61. The van der Waals surface area contributed by atoms with Crippen molar-refractivity contribution in [2.24, 2.45) is 22.4 Å². The minimum atomic E-state index is -0.0357. The van der Waals surface area contributed by atoms with Crippen LogP contribution in [0.25, 0.3) is 6.08 Å². The lowest BCUT2D eigenvalue weighted by molar-refractivity contribution is -0.0604. The summed E-state index contributed by atoms with van der Waals surface area (Å²) in [5, 5.41) is 7.08. The van der Waals surface area contributed by atoms with Gasteiger partial charge in [-0.1, -0.05) is 64.1 Å². The minimum absolute atomic E-state index is 0.0357. The molecule has 2 aliphatic rings. The SMILES string of the molecule is C=Cc1ccc(C=NN(COC23CC(C)CCC2C3(C)C)C(=S)N(C)C)cc1. The summed E-state index contributed by atoms with van der Waals surface area (Å²) in [6.45, 7) is 11.2. The number of nitrogens with zero attached hydrogens (tertiary/aromatic N) is 3. The van der Waals surface area contributed by atoms with Gasteiger partial charge >= 0.3 is 0 Å². The lowest BCUT2D eigenvalue weighted by Crippen LogP contribution is -2.40. The van der Waals surface area contributed by atoms with Crippen LogP contribution in [0, 0.1) is 17.3 Å². The van der Waals surface area contributed by atoms with Crippen LogP contribution in [0.2, 0.25) is 0 Å². The highest BCUT2D eigenvalue weighted by Gasteiger charge is 2.73. The molecule has 0 heterocycles. The van der Waals surface area contributed by atoms with Crippen LogP contribution < -0.4 is 0 Å². The van der Waals surface area contributed by atoms with Crippen molar-refractivity contribution in [2.45, 2.75) is 45.6 Å². The summed E-state index contributed by atoms with van der Waals surface area (Å²) in [4.78, 5) is 1.90. The number of hydrogen-bond donors (Lipinski definition) is 0. The van der Waals surface area contributed by atoms with Crippen molar-refractivity contribution < 1.29 is 4.74 Å². The van der Waals surface area contributed by atoms with E-state index in [9.17, 15) is 0 Å². The van der Waals surface area contributed by atoms with Crippen LogP contribution in [-0.4, -0.2) is 47.7 Å². The largest absolute Gasteiger partial charge is 0.354 e. The number of thiocarbonyl (C=S) groups is 1. The van der Waals surface area contributed by atoms with Gasteiger partial charge in [-0.25, -0.2) is 5.01 Å². The minimum Gasteiger partial charge on any atom is -0.354 e. The molecule has 0 radical (unpaired) electrons. The summed E-state index contributed by atoms with van der Waals surface area (Å²) in [5.74, 6) is 1.35. The summed E-state index contributed by atoms with van der Waals surface area (Å²) < 4.78 is 6.57. The van der Waals surface area contributed by atoms with Gasteiger partial charge in [0, 0.05) is 14.1 Å².